The van der Waals surface area contributed by atoms with Gasteiger partial charge in [0, 0.05) is 32.6 Å². The van der Waals surface area contributed by atoms with Gasteiger partial charge in [-0.1, -0.05) is 6.42 Å². The normalized spacial score (nSPS) is 31.9. The molecule has 0 aliphatic heterocycles. The van der Waals surface area contributed by atoms with Crippen LogP contribution in [0.3, 0.4) is 0 Å². The summed E-state index contributed by atoms with van der Waals surface area (Å²) in [6, 6.07) is 0.184. The summed E-state index contributed by atoms with van der Waals surface area (Å²) in [6.45, 7) is 1.67. The number of nitrogens with two attached hydrogens (primary N) is 1. The minimum absolute atomic E-state index is 0.0882. The topological polar surface area (TPSA) is 58.4 Å². The Kier molecular flexibility index (Phi) is 4.62. The molecule has 3 N–H and O–H groups in total. The van der Waals surface area contributed by atoms with Crippen LogP contribution in [0.5, 0.6) is 0 Å². The Morgan fingerprint density at radius 2 is 2.22 bits per heavy atom. The van der Waals surface area contributed by atoms with Gasteiger partial charge < -0.3 is 16.0 Å². The van der Waals surface area contributed by atoms with Crippen molar-refractivity contribution < 1.29 is 4.79 Å². The van der Waals surface area contributed by atoms with Crippen LogP contribution in [0.1, 0.15) is 32.1 Å². The molecule has 0 aromatic rings. The van der Waals surface area contributed by atoms with E-state index < -0.39 is 0 Å². The van der Waals surface area contributed by atoms with Crippen molar-refractivity contribution in [2.45, 2.75) is 38.1 Å². The van der Waals surface area contributed by atoms with E-state index in [-0.39, 0.29) is 11.9 Å². The van der Waals surface area contributed by atoms with Crippen molar-refractivity contribution >= 4 is 5.91 Å². The first kappa shape index (κ1) is 13.8. The van der Waals surface area contributed by atoms with Crippen LogP contribution in [0.25, 0.3) is 0 Å². The molecule has 18 heavy (non-hydrogen) atoms. The Bertz CT molecular complexity index is 295. The minimum atomic E-state index is 0.0882. The van der Waals surface area contributed by atoms with E-state index in [1.165, 1.54) is 25.7 Å². The molecular weight excluding hydrogens is 226 g/mol. The molecule has 2 aliphatic rings. The molecule has 4 heteroatoms. The molecule has 0 aromatic heterocycles. The summed E-state index contributed by atoms with van der Waals surface area (Å²) in [7, 11) is 3.80. The van der Waals surface area contributed by atoms with E-state index in [9.17, 15) is 4.79 Å². The van der Waals surface area contributed by atoms with Gasteiger partial charge >= 0.3 is 0 Å². The largest absolute Gasteiger partial charge is 0.359 e. The highest BCUT2D eigenvalue weighted by Crippen LogP contribution is 2.48. The Morgan fingerprint density at radius 3 is 2.72 bits per heavy atom. The van der Waals surface area contributed by atoms with E-state index in [1.807, 2.05) is 0 Å². The van der Waals surface area contributed by atoms with Crippen LogP contribution in [0, 0.1) is 17.8 Å². The van der Waals surface area contributed by atoms with Gasteiger partial charge in [0.1, 0.15) is 0 Å². The Morgan fingerprint density at radius 1 is 1.44 bits per heavy atom. The van der Waals surface area contributed by atoms with Crippen molar-refractivity contribution in [3.05, 3.63) is 0 Å². The van der Waals surface area contributed by atoms with Gasteiger partial charge in [-0.3, -0.25) is 4.79 Å². The number of nitrogens with one attached hydrogen (secondary N) is 1. The summed E-state index contributed by atoms with van der Waals surface area (Å²) < 4.78 is 0. The Hall–Kier alpha value is -0.610. The standard InChI is InChI=1S/C14H27N3O/c1-16-14(18)7-13(8-15)17(2)9-12-6-10-3-4-11(12)5-10/h10-13H,3-9,15H2,1-2H3,(H,16,18). The monoisotopic (exact) mass is 253 g/mol. The van der Waals surface area contributed by atoms with Gasteiger partial charge in [-0.2, -0.15) is 0 Å². The third kappa shape index (κ3) is 3.04. The Balaban J connectivity index is 1.82. The maximum absolute atomic E-state index is 11.5. The highest BCUT2D eigenvalue weighted by Gasteiger charge is 2.40. The van der Waals surface area contributed by atoms with Crippen molar-refractivity contribution in [1.82, 2.24) is 10.2 Å². The molecular formula is C14H27N3O. The van der Waals surface area contributed by atoms with Crippen molar-refractivity contribution in [3.8, 4) is 0 Å². The first-order chi connectivity index (χ1) is 8.63. The van der Waals surface area contributed by atoms with Gasteiger partial charge in [0.2, 0.25) is 5.91 Å². The third-order valence-corrected chi connectivity index (χ3v) is 5.00. The molecule has 0 radical (unpaired) electrons. The summed E-state index contributed by atoms with van der Waals surface area (Å²) >= 11 is 0. The van der Waals surface area contributed by atoms with Gasteiger partial charge in [0.15, 0.2) is 0 Å². The van der Waals surface area contributed by atoms with Gasteiger partial charge in [0.25, 0.3) is 0 Å². The second-order valence-corrected chi connectivity index (χ2v) is 6.14. The van der Waals surface area contributed by atoms with Gasteiger partial charge in [-0.25, -0.2) is 0 Å². The SMILES string of the molecule is CNC(=O)CC(CN)N(C)CC1CC2CCC1C2. The van der Waals surface area contributed by atoms with E-state index in [4.69, 9.17) is 5.73 Å². The Labute approximate surface area is 110 Å². The maximum atomic E-state index is 11.5. The van der Waals surface area contributed by atoms with E-state index in [0.29, 0.717) is 13.0 Å². The number of amides is 1. The molecule has 2 saturated carbocycles. The molecule has 4 nitrogen and oxygen atoms in total. The zero-order valence-corrected chi connectivity index (χ0v) is 11.7. The highest BCUT2D eigenvalue weighted by atomic mass is 16.1. The van der Waals surface area contributed by atoms with Crippen LogP contribution in [0.15, 0.2) is 0 Å². The minimum Gasteiger partial charge on any atom is -0.359 e. The lowest BCUT2D eigenvalue weighted by Gasteiger charge is -2.32. The zero-order valence-electron chi connectivity index (χ0n) is 11.7. The molecule has 0 heterocycles. The summed E-state index contributed by atoms with van der Waals surface area (Å²) in [4.78, 5) is 13.8. The van der Waals surface area contributed by atoms with Crippen LogP contribution < -0.4 is 11.1 Å². The molecule has 104 valence electrons. The van der Waals surface area contributed by atoms with Crippen LogP contribution in [0.2, 0.25) is 0 Å². The van der Waals surface area contributed by atoms with E-state index in [1.54, 1.807) is 7.05 Å². The molecule has 1 amide bonds. The number of fused-ring (bicyclic) bond motifs is 2. The zero-order chi connectivity index (χ0) is 13.1. The molecule has 0 aromatic carbocycles. The van der Waals surface area contributed by atoms with Crippen LogP contribution in [0.4, 0.5) is 0 Å². The molecule has 2 fully saturated rings. The number of rotatable bonds is 6. The lowest BCUT2D eigenvalue weighted by Crippen LogP contribution is -2.44. The summed E-state index contributed by atoms with van der Waals surface area (Å²) in [6.07, 6.45) is 6.23. The molecule has 4 atom stereocenters. The average Bonchev–Trinajstić information content (AvgIpc) is 2.97. The molecule has 2 bridgehead atoms. The lowest BCUT2D eigenvalue weighted by atomic mass is 9.88. The number of carbonyl (C=O) groups is 1. The molecule has 2 aliphatic carbocycles. The van der Waals surface area contributed by atoms with E-state index in [2.05, 4.69) is 17.3 Å². The quantitative estimate of drug-likeness (QED) is 0.737. The van der Waals surface area contributed by atoms with Crippen molar-refractivity contribution in [2.75, 3.05) is 27.2 Å². The predicted molar refractivity (Wildman–Crippen MR) is 73.1 cm³/mol. The smallest absolute Gasteiger partial charge is 0.221 e. The fraction of sp³-hybridized carbons (Fsp3) is 0.929. The third-order valence-electron chi connectivity index (χ3n) is 5.00. The number of hydrogen-bond donors (Lipinski definition) is 2. The molecule has 4 unspecified atom stereocenters. The second kappa shape index (κ2) is 6.02. The van der Waals surface area contributed by atoms with Gasteiger partial charge in [-0.15, -0.1) is 0 Å². The van der Waals surface area contributed by atoms with Gasteiger partial charge in [-0.05, 0) is 44.1 Å². The fourth-order valence-corrected chi connectivity index (χ4v) is 3.85. The summed E-state index contributed by atoms with van der Waals surface area (Å²) in [5, 5.41) is 2.68. The predicted octanol–water partition coefficient (Wildman–Crippen LogP) is 0.818. The van der Waals surface area contributed by atoms with E-state index >= 15 is 0 Å². The molecule has 0 saturated heterocycles. The fourth-order valence-electron chi connectivity index (χ4n) is 3.85. The number of likely N-dealkylation sites (N-methyl/N-ethyl adjacent to an activating group) is 1. The number of carbonyl (C=O) groups excluding carboxylic acids is 1. The maximum Gasteiger partial charge on any atom is 0.221 e. The van der Waals surface area contributed by atoms with E-state index in [0.717, 1.165) is 24.3 Å². The van der Waals surface area contributed by atoms with Crippen LogP contribution in [-0.4, -0.2) is 44.0 Å². The second-order valence-electron chi connectivity index (χ2n) is 6.14. The average molecular weight is 253 g/mol. The number of nitrogens with zero attached hydrogens (tertiary/aromatic N) is 1. The summed E-state index contributed by atoms with van der Waals surface area (Å²) in [5.74, 6) is 2.86. The molecule has 2 rings (SSSR count). The first-order valence-corrected chi connectivity index (χ1v) is 7.25. The van der Waals surface area contributed by atoms with Crippen molar-refractivity contribution in [3.63, 3.8) is 0 Å². The van der Waals surface area contributed by atoms with Crippen molar-refractivity contribution in [2.24, 2.45) is 23.5 Å². The highest BCUT2D eigenvalue weighted by molar-refractivity contribution is 5.76. The first-order valence-electron chi connectivity index (χ1n) is 7.25. The molecule has 0 spiro atoms. The van der Waals surface area contributed by atoms with Crippen LogP contribution in [-0.2, 0) is 4.79 Å². The lowest BCUT2D eigenvalue weighted by molar-refractivity contribution is -0.121. The van der Waals surface area contributed by atoms with Crippen LogP contribution >= 0.6 is 0 Å². The van der Waals surface area contributed by atoms with Gasteiger partial charge in [0.05, 0.1) is 0 Å². The number of hydrogen-bond acceptors (Lipinski definition) is 3. The van der Waals surface area contributed by atoms with Crippen molar-refractivity contribution in [1.29, 1.82) is 0 Å². The summed E-state index contributed by atoms with van der Waals surface area (Å²) in [5.41, 5.74) is 5.81.